The molecule has 0 bridgehead atoms. The van der Waals surface area contributed by atoms with Crippen molar-refractivity contribution in [2.45, 2.75) is 44.6 Å². The van der Waals surface area contributed by atoms with Gasteiger partial charge in [-0.1, -0.05) is 19.3 Å². The second-order valence-electron chi connectivity index (χ2n) is 4.35. The number of carbonyl (C=O) groups is 2. The van der Waals surface area contributed by atoms with Crippen molar-refractivity contribution in [2.24, 2.45) is 5.73 Å². The maximum atomic E-state index is 11.8. The zero-order valence-corrected chi connectivity index (χ0v) is 9.84. The maximum Gasteiger partial charge on any atom is 0.240 e. The molecule has 1 saturated carbocycles. The Morgan fingerprint density at radius 3 is 2.38 bits per heavy atom. The molecule has 0 heterocycles. The second kappa shape index (κ2) is 5.84. The van der Waals surface area contributed by atoms with E-state index in [1.165, 1.54) is 0 Å². The van der Waals surface area contributed by atoms with Crippen molar-refractivity contribution in [1.82, 2.24) is 10.6 Å². The van der Waals surface area contributed by atoms with E-state index in [0.29, 0.717) is 19.4 Å². The highest BCUT2D eigenvalue weighted by Gasteiger charge is 2.35. The molecule has 4 N–H and O–H groups in total. The molecule has 0 saturated heterocycles. The van der Waals surface area contributed by atoms with E-state index >= 15 is 0 Å². The smallest absolute Gasteiger partial charge is 0.240 e. The Bertz CT molecular complexity index is 260. The van der Waals surface area contributed by atoms with Crippen LogP contribution in [-0.2, 0) is 9.59 Å². The summed E-state index contributed by atoms with van der Waals surface area (Å²) in [5.74, 6) is -0.367. The van der Waals surface area contributed by atoms with Gasteiger partial charge < -0.3 is 16.4 Å². The van der Waals surface area contributed by atoms with Gasteiger partial charge in [0.1, 0.15) is 0 Å². The number of likely N-dealkylation sites (N-methyl/N-ethyl adjacent to an activating group) is 1. The molecule has 1 rings (SSSR count). The van der Waals surface area contributed by atoms with Gasteiger partial charge in [0.15, 0.2) is 0 Å². The lowest BCUT2D eigenvalue weighted by Crippen LogP contribution is -2.56. The van der Waals surface area contributed by atoms with Crippen LogP contribution in [0, 0.1) is 0 Å². The fourth-order valence-corrected chi connectivity index (χ4v) is 2.01. The first-order valence-electron chi connectivity index (χ1n) is 5.92. The molecule has 1 aliphatic rings. The van der Waals surface area contributed by atoms with E-state index in [1.54, 1.807) is 0 Å². The highest BCUT2D eigenvalue weighted by Crippen LogP contribution is 2.25. The minimum absolute atomic E-state index is 0.0195. The summed E-state index contributed by atoms with van der Waals surface area (Å²) in [6.07, 6.45) is 4.56. The number of amides is 2. The van der Waals surface area contributed by atoms with Crippen molar-refractivity contribution < 1.29 is 9.59 Å². The van der Waals surface area contributed by atoms with Crippen LogP contribution in [0.1, 0.15) is 39.0 Å². The van der Waals surface area contributed by atoms with Crippen molar-refractivity contribution in [2.75, 3.05) is 13.1 Å². The van der Waals surface area contributed by atoms with Crippen molar-refractivity contribution in [1.29, 1.82) is 0 Å². The van der Waals surface area contributed by atoms with Gasteiger partial charge in [-0.3, -0.25) is 9.59 Å². The monoisotopic (exact) mass is 227 g/mol. The van der Waals surface area contributed by atoms with Crippen LogP contribution in [0.25, 0.3) is 0 Å². The molecule has 0 aromatic carbocycles. The van der Waals surface area contributed by atoms with E-state index in [4.69, 9.17) is 5.73 Å². The van der Waals surface area contributed by atoms with Gasteiger partial charge in [-0.2, -0.15) is 0 Å². The average Bonchev–Trinajstić information content (AvgIpc) is 2.27. The van der Waals surface area contributed by atoms with E-state index in [2.05, 4.69) is 10.6 Å². The minimum Gasteiger partial charge on any atom is -0.355 e. The SMILES string of the molecule is CCNC(=O)CNC(=O)C1(N)CCCCC1. The van der Waals surface area contributed by atoms with E-state index in [9.17, 15) is 9.59 Å². The van der Waals surface area contributed by atoms with Gasteiger partial charge in [0.25, 0.3) is 0 Å². The largest absolute Gasteiger partial charge is 0.355 e. The van der Waals surface area contributed by atoms with Gasteiger partial charge in [0.05, 0.1) is 12.1 Å². The van der Waals surface area contributed by atoms with E-state index in [0.717, 1.165) is 19.3 Å². The molecule has 1 fully saturated rings. The molecule has 92 valence electrons. The fraction of sp³-hybridized carbons (Fsp3) is 0.818. The lowest BCUT2D eigenvalue weighted by molar-refractivity contribution is -0.130. The number of carbonyl (C=O) groups excluding carboxylic acids is 2. The quantitative estimate of drug-likeness (QED) is 0.627. The fourth-order valence-electron chi connectivity index (χ4n) is 2.01. The van der Waals surface area contributed by atoms with Crippen LogP contribution in [0.2, 0.25) is 0 Å². The van der Waals surface area contributed by atoms with E-state index in [1.807, 2.05) is 6.92 Å². The Morgan fingerprint density at radius 2 is 1.81 bits per heavy atom. The van der Waals surface area contributed by atoms with E-state index in [-0.39, 0.29) is 18.4 Å². The van der Waals surface area contributed by atoms with Crippen molar-refractivity contribution in [3.05, 3.63) is 0 Å². The zero-order valence-electron chi connectivity index (χ0n) is 9.84. The summed E-state index contributed by atoms with van der Waals surface area (Å²) in [5.41, 5.74) is 5.26. The maximum absolute atomic E-state index is 11.8. The van der Waals surface area contributed by atoms with Crippen molar-refractivity contribution in [3.63, 3.8) is 0 Å². The first-order chi connectivity index (χ1) is 7.58. The minimum atomic E-state index is -0.759. The highest BCUT2D eigenvalue weighted by atomic mass is 16.2. The summed E-state index contributed by atoms with van der Waals surface area (Å²) in [6.45, 7) is 2.43. The number of nitrogens with one attached hydrogen (secondary N) is 2. The number of rotatable bonds is 4. The van der Waals surface area contributed by atoms with Gasteiger partial charge in [-0.25, -0.2) is 0 Å². The molecule has 16 heavy (non-hydrogen) atoms. The van der Waals surface area contributed by atoms with Gasteiger partial charge in [-0.15, -0.1) is 0 Å². The molecule has 0 unspecified atom stereocenters. The normalized spacial score (nSPS) is 18.9. The van der Waals surface area contributed by atoms with Gasteiger partial charge in [-0.05, 0) is 19.8 Å². The standard InChI is InChI=1S/C11H21N3O2/c1-2-13-9(15)8-14-10(16)11(12)6-4-3-5-7-11/h2-8,12H2,1H3,(H,13,15)(H,14,16). The Kier molecular flexibility index (Phi) is 4.73. The van der Waals surface area contributed by atoms with Crippen LogP contribution < -0.4 is 16.4 Å². The van der Waals surface area contributed by atoms with Gasteiger partial charge in [0.2, 0.25) is 11.8 Å². The lowest BCUT2D eigenvalue weighted by Gasteiger charge is -2.31. The number of nitrogens with two attached hydrogens (primary N) is 1. The summed E-state index contributed by atoms with van der Waals surface area (Å²) in [7, 11) is 0. The summed E-state index contributed by atoms with van der Waals surface area (Å²) in [6, 6.07) is 0. The molecule has 5 heteroatoms. The van der Waals surface area contributed by atoms with Crippen LogP contribution in [0.3, 0.4) is 0 Å². The molecule has 0 aromatic rings. The molecule has 0 spiro atoms. The summed E-state index contributed by atoms with van der Waals surface area (Å²) < 4.78 is 0. The summed E-state index contributed by atoms with van der Waals surface area (Å²) in [5, 5.41) is 5.22. The molecule has 5 nitrogen and oxygen atoms in total. The third kappa shape index (κ3) is 3.48. The molecule has 1 aliphatic carbocycles. The molecule has 0 aromatic heterocycles. The zero-order chi connectivity index (χ0) is 12.0. The summed E-state index contributed by atoms with van der Waals surface area (Å²) >= 11 is 0. The second-order valence-corrected chi connectivity index (χ2v) is 4.35. The van der Waals surface area contributed by atoms with Crippen LogP contribution in [-0.4, -0.2) is 30.4 Å². The topological polar surface area (TPSA) is 84.2 Å². The van der Waals surface area contributed by atoms with E-state index < -0.39 is 5.54 Å². The van der Waals surface area contributed by atoms with Gasteiger partial charge in [0, 0.05) is 6.54 Å². The third-order valence-corrected chi connectivity index (χ3v) is 2.98. The van der Waals surface area contributed by atoms with Crippen LogP contribution in [0.4, 0.5) is 0 Å². The van der Waals surface area contributed by atoms with Crippen molar-refractivity contribution in [3.8, 4) is 0 Å². The molecular weight excluding hydrogens is 206 g/mol. The van der Waals surface area contributed by atoms with Crippen LogP contribution in [0.5, 0.6) is 0 Å². The predicted molar refractivity (Wildman–Crippen MR) is 61.7 cm³/mol. The Morgan fingerprint density at radius 1 is 1.19 bits per heavy atom. The first kappa shape index (κ1) is 13.0. The molecular formula is C11H21N3O2. The predicted octanol–water partition coefficient (Wildman–Crippen LogP) is -0.0997. The van der Waals surface area contributed by atoms with Crippen LogP contribution >= 0.6 is 0 Å². The average molecular weight is 227 g/mol. The van der Waals surface area contributed by atoms with Crippen molar-refractivity contribution >= 4 is 11.8 Å². The molecule has 0 radical (unpaired) electrons. The highest BCUT2D eigenvalue weighted by molar-refractivity contribution is 5.90. The Labute approximate surface area is 96.1 Å². The molecule has 0 atom stereocenters. The Balaban J connectivity index is 2.36. The number of hydrogen-bond acceptors (Lipinski definition) is 3. The Hall–Kier alpha value is -1.10. The van der Waals surface area contributed by atoms with Crippen LogP contribution in [0.15, 0.2) is 0 Å². The third-order valence-electron chi connectivity index (χ3n) is 2.98. The molecule has 2 amide bonds. The number of hydrogen-bond donors (Lipinski definition) is 3. The molecule has 0 aliphatic heterocycles. The summed E-state index contributed by atoms with van der Waals surface area (Å²) in [4.78, 5) is 23.0. The van der Waals surface area contributed by atoms with Gasteiger partial charge >= 0.3 is 0 Å². The lowest BCUT2D eigenvalue weighted by atomic mass is 9.82. The first-order valence-corrected chi connectivity index (χ1v) is 5.92.